The molecule has 2 atom stereocenters. The second kappa shape index (κ2) is 15.4. The highest BCUT2D eigenvalue weighted by atomic mass is 35.5. The molecule has 3 nitrogen and oxygen atoms in total. The maximum absolute atomic E-state index is 10.8. The lowest BCUT2D eigenvalue weighted by atomic mass is 9.65. The quantitative estimate of drug-likeness (QED) is 0.302. The average Bonchev–Trinajstić information content (AvgIpc) is 2.92. The fourth-order valence-corrected chi connectivity index (χ4v) is 7.05. The lowest BCUT2D eigenvalue weighted by molar-refractivity contribution is -0.110. The van der Waals surface area contributed by atoms with Gasteiger partial charge in [-0.05, 0) is 82.0 Å². The molecule has 4 rings (SSSR count). The van der Waals surface area contributed by atoms with Crippen molar-refractivity contribution in [3.8, 4) is 0 Å². The zero-order chi connectivity index (χ0) is 27.1. The van der Waals surface area contributed by atoms with Crippen molar-refractivity contribution in [2.75, 3.05) is 7.05 Å². The van der Waals surface area contributed by atoms with Crippen LogP contribution in [-0.4, -0.2) is 25.5 Å². The van der Waals surface area contributed by atoms with E-state index in [1.165, 1.54) is 62.5 Å². The van der Waals surface area contributed by atoms with Crippen molar-refractivity contribution in [3.63, 3.8) is 0 Å². The molecule has 0 bridgehead atoms. The van der Waals surface area contributed by atoms with Gasteiger partial charge in [0.25, 0.3) is 0 Å². The number of hydrogen-bond acceptors (Lipinski definition) is 2. The van der Waals surface area contributed by atoms with E-state index in [4.69, 9.17) is 46.4 Å². The van der Waals surface area contributed by atoms with Gasteiger partial charge in [-0.25, -0.2) is 0 Å². The number of nitrogens with one attached hydrogen (secondary N) is 2. The van der Waals surface area contributed by atoms with Crippen LogP contribution in [0.5, 0.6) is 0 Å². The van der Waals surface area contributed by atoms with E-state index in [2.05, 4.69) is 36.6 Å². The van der Waals surface area contributed by atoms with E-state index in [0.717, 1.165) is 19.3 Å². The van der Waals surface area contributed by atoms with Gasteiger partial charge in [-0.2, -0.15) is 0 Å². The molecule has 0 radical (unpaired) electrons. The van der Waals surface area contributed by atoms with Crippen molar-refractivity contribution in [3.05, 3.63) is 67.6 Å². The van der Waals surface area contributed by atoms with Crippen molar-refractivity contribution in [1.29, 1.82) is 0 Å². The van der Waals surface area contributed by atoms with Crippen molar-refractivity contribution < 1.29 is 4.79 Å². The van der Waals surface area contributed by atoms with Gasteiger partial charge in [0.15, 0.2) is 0 Å². The maximum atomic E-state index is 10.8. The molecule has 8 heteroatoms. The van der Waals surface area contributed by atoms with Crippen molar-refractivity contribution in [2.45, 2.75) is 101 Å². The van der Waals surface area contributed by atoms with Gasteiger partial charge in [-0.15, -0.1) is 12.4 Å². The molecule has 0 aromatic heterocycles. The fourth-order valence-electron chi connectivity index (χ4n) is 6.46. The first-order chi connectivity index (χ1) is 17.7. The molecule has 2 aliphatic carbocycles. The average molecular weight is 623 g/mol. The first-order valence-corrected chi connectivity index (χ1v) is 15.0. The number of carbonyl (C=O) groups excluding carboxylic acids is 1. The van der Waals surface area contributed by atoms with E-state index < -0.39 is 0 Å². The van der Waals surface area contributed by atoms with E-state index in [-0.39, 0.29) is 29.3 Å². The van der Waals surface area contributed by atoms with Gasteiger partial charge in [0.2, 0.25) is 6.41 Å². The predicted molar refractivity (Wildman–Crippen MR) is 167 cm³/mol. The molecule has 212 valence electrons. The van der Waals surface area contributed by atoms with E-state index in [0.29, 0.717) is 26.1 Å². The van der Waals surface area contributed by atoms with Crippen LogP contribution in [0.2, 0.25) is 20.1 Å². The number of carbonyl (C=O) groups is 1. The Morgan fingerprint density at radius 3 is 1.42 bits per heavy atom. The number of benzene rings is 2. The molecular weight excluding hydrogens is 582 g/mol. The standard InChI is InChI=1S/C15H19Cl2NO.C15H21Cl2N.ClH/c1-11(18-10-19)15(7-3-2-4-8-15)12-5-6-13(16)14(17)9-12;1-11(18-2)15(8-4-3-5-9-15)12-6-7-13(16)14(17)10-12;/h5-6,9-11H,2-4,7-8H2,1H3,(H,18,19);6-7,10-11,18H,3-5,8-9H2,1-2H3;1H/t2*11-;/m11./s1. The molecule has 2 aromatic carbocycles. The second-order valence-corrected chi connectivity index (χ2v) is 12.3. The maximum Gasteiger partial charge on any atom is 0.207 e. The molecule has 2 aromatic rings. The third kappa shape index (κ3) is 7.53. The van der Waals surface area contributed by atoms with E-state index in [9.17, 15) is 4.79 Å². The van der Waals surface area contributed by atoms with Crippen molar-refractivity contribution in [2.24, 2.45) is 0 Å². The summed E-state index contributed by atoms with van der Waals surface area (Å²) >= 11 is 24.4. The summed E-state index contributed by atoms with van der Waals surface area (Å²) in [5.74, 6) is 0. The number of likely N-dealkylation sites (N-methyl/N-ethyl adjacent to an activating group) is 1. The molecule has 0 saturated heterocycles. The number of rotatable bonds is 7. The van der Waals surface area contributed by atoms with Gasteiger partial charge < -0.3 is 10.6 Å². The monoisotopic (exact) mass is 620 g/mol. The summed E-state index contributed by atoms with van der Waals surface area (Å²) in [5, 5.41) is 8.84. The minimum atomic E-state index is -0.0204. The van der Waals surface area contributed by atoms with Gasteiger partial charge in [-0.3, -0.25) is 4.79 Å². The summed E-state index contributed by atoms with van der Waals surface area (Å²) in [7, 11) is 2.04. The molecular formula is C30H41Cl5N2O. The molecule has 1 amide bonds. The highest BCUT2D eigenvalue weighted by Gasteiger charge is 2.40. The van der Waals surface area contributed by atoms with Crippen LogP contribution in [0.3, 0.4) is 0 Å². The summed E-state index contributed by atoms with van der Waals surface area (Å²) < 4.78 is 0. The minimum absolute atomic E-state index is 0. The van der Waals surface area contributed by atoms with Gasteiger partial charge >= 0.3 is 0 Å². The number of hydrogen-bond donors (Lipinski definition) is 2. The second-order valence-electron chi connectivity index (χ2n) is 10.7. The smallest absolute Gasteiger partial charge is 0.207 e. The lowest BCUT2D eigenvalue weighted by Gasteiger charge is -2.43. The van der Waals surface area contributed by atoms with Crippen LogP contribution in [0.1, 0.15) is 89.2 Å². The Morgan fingerprint density at radius 2 is 1.08 bits per heavy atom. The highest BCUT2D eigenvalue weighted by molar-refractivity contribution is 6.42. The molecule has 0 heterocycles. The molecule has 2 saturated carbocycles. The van der Waals surface area contributed by atoms with Gasteiger partial charge in [0.1, 0.15) is 0 Å². The number of amides is 1. The summed E-state index contributed by atoms with van der Waals surface area (Å²) in [6.45, 7) is 4.34. The lowest BCUT2D eigenvalue weighted by Crippen LogP contribution is -2.47. The van der Waals surface area contributed by atoms with Crippen LogP contribution in [0.15, 0.2) is 36.4 Å². The van der Waals surface area contributed by atoms with E-state index in [1.807, 2.05) is 31.3 Å². The molecule has 2 N–H and O–H groups in total. The molecule has 2 aliphatic rings. The van der Waals surface area contributed by atoms with Crippen LogP contribution in [0.4, 0.5) is 0 Å². The summed E-state index contributed by atoms with van der Waals surface area (Å²) in [5.41, 5.74) is 2.70. The Hall–Kier alpha value is -0.680. The third-order valence-corrected chi connectivity index (χ3v) is 10.4. The Balaban J connectivity index is 0.000000260. The number of halogens is 5. The zero-order valence-corrected chi connectivity index (χ0v) is 26.4. The Labute approximate surface area is 255 Å². The molecule has 0 unspecified atom stereocenters. The third-order valence-electron chi connectivity index (χ3n) is 8.89. The summed E-state index contributed by atoms with van der Waals surface area (Å²) in [6.07, 6.45) is 13.0. The topological polar surface area (TPSA) is 41.1 Å². The first kappa shape index (κ1) is 33.5. The predicted octanol–water partition coefficient (Wildman–Crippen LogP) is 9.55. The zero-order valence-electron chi connectivity index (χ0n) is 22.6. The first-order valence-electron chi connectivity index (χ1n) is 13.5. The van der Waals surface area contributed by atoms with Crippen LogP contribution < -0.4 is 10.6 Å². The van der Waals surface area contributed by atoms with E-state index in [1.54, 1.807) is 0 Å². The van der Waals surface area contributed by atoms with Crippen LogP contribution in [-0.2, 0) is 15.6 Å². The molecule has 0 spiro atoms. The fraction of sp³-hybridized carbons (Fsp3) is 0.567. The largest absolute Gasteiger partial charge is 0.355 e. The molecule has 2 fully saturated rings. The van der Waals surface area contributed by atoms with Crippen LogP contribution in [0, 0.1) is 0 Å². The van der Waals surface area contributed by atoms with Crippen LogP contribution >= 0.6 is 58.8 Å². The van der Waals surface area contributed by atoms with E-state index >= 15 is 0 Å². The molecule has 38 heavy (non-hydrogen) atoms. The van der Waals surface area contributed by atoms with Gasteiger partial charge in [0.05, 0.1) is 20.1 Å². The Morgan fingerprint density at radius 1 is 0.684 bits per heavy atom. The van der Waals surface area contributed by atoms with Crippen molar-refractivity contribution >= 4 is 65.2 Å². The molecule has 0 aliphatic heterocycles. The highest BCUT2D eigenvalue weighted by Crippen LogP contribution is 2.44. The van der Waals surface area contributed by atoms with Gasteiger partial charge in [0, 0.05) is 22.9 Å². The van der Waals surface area contributed by atoms with Gasteiger partial charge in [-0.1, -0.05) is 97.1 Å². The summed E-state index contributed by atoms with van der Waals surface area (Å²) in [6, 6.07) is 12.5. The minimum Gasteiger partial charge on any atom is -0.355 e. The SMILES string of the molecule is CN[C@H](C)C1(c2ccc(Cl)c(Cl)c2)CCCCC1.C[C@@H](NC=O)C1(c2ccc(Cl)c(Cl)c2)CCCCC1.Cl. The van der Waals surface area contributed by atoms with Crippen molar-refractivity contribution in [1.82, 2.24) is 10.6 Å². The Kier molecular flexibility index (Phi) is 13.5. The summed E-state index contributed by atoms with van der Waals surface area (Å²) in [4.78, 5) is 10.8. The normalized spacial score (nSPS) is 19.7. The Bertz CT molecular complexity index is 1040. The van der Waals surface area contributed by atoms with Crippen LogP contribution in [0.25, 0.3) is 0 Å².